The number of aryl methyl sites for hydroxylation is 1. The Balaban J connectivity index is 2.44. The number of hydrogen-bond acceptors (Lipinski definition) is 5. The van der Waals surface area contributed by atoms with Gasteiger partial charge in [0.25, 0.3) is 10.0 Å². The average Bonchev–Trinajstić information content (AvgIpc) is 2.35. The molecule has 1 aromatic carbocycles. The van der Waals surface area contributed by atoms with Crippen LogP contribution in [0.25, 0.3) is 0 Å². The minimum Gasteiger partial charge on any atom is -0.393 e. The van der Waals surface area contributed by atoms with Crippen molar-refractivity contribution in [2.75, 3.05) is 10.5 Å². The summed E-state index contributed by atoms with van der Waals surface area (Å²) in [6, 6.07) is 5.81. The Kier molecular flexibility index (Phi) is 4.03. The number of benzene rings is 1. The average molecular weight is 333 g/mol. The molecule has 0 saturated heterocycles. The molecule has 1 heterocycles. The van der Waals surface area contributed by atoms with Gasteiger partial charge in [-0.05, 0) is 25.1 Å². The van der Waals surface area contributed by atoms with Crippen LogP contribution in [-0.4, -0.2) is 18.4 Å². The first-order valence-electron chi connectivity index (χ1n) is 5.37. The van der Waals surface area contributed by atoms with Crippen molar-refractivity contribution in [2.45, 2.75) is 11.8 Å². The van der Waals surface area contributed by atoms with Gasteiger partial charge in [0.2, 0.25) is 0 Å². The molecule has 0 bridgehead atoms. The van der Waals surface area contributed by atoms with Gasteiger partial charge in [0.15, 0.2) is 11.0 Å². The number of halogens is 2. The summed E-state index contributed by atoms with van der Waals surface area (Å²) in [5.74, 6) is 0.232. The van der Waals surface area contributed by atoms with Crippen molar-refractivity contribution < 1.29 is 8.42 Å². The van der Waals surface area contributed by atoms with Gasteiger partial charge in [0.05, 0.1) is 4.90 Å². The van der Waals surface area contributed by atoms with Crippen LogP contribution in [0, 0.1) is 6.92 Å². The van der Waals surface area contributed by atoms with Gasteiger partial charge in [-0.15, -0.1) is 0 Å². The monoisotopic (exact) mass is 332 g/mol. The summed E-state index contributed by atoms with van der Waals surface area (Å²) in [5.41, 5.74) is 5.62. The van der Waals surface area contributed by atoms with Crippen molar-refractivity contribution in [3.63, 3.8) is 0 Å². The Labute approximate surface area is 126 Å². The lowest BCUT2D eigenvalue weighted by Gasteiger charge is -2.10. The number of rotatable bonds is 3. The predicted octanol–water partition coefficient (Wildman–Crippen LogP) is 2.47. The number of hydrogen-bond donors (Lipinski definition) is 2. The van der Waals surface area contributed by atoms with E-state index in [0.717, 1.165) is 0 Å². The fraction of sp³-hybridized carbons (Fsp3) is 0.0909. The Morgan fingerprint density at radius 3 is 2.60 bits per heavy atom. The van der Waals surface area contributed by atoms with Crippen molar-refractivity contribution in [3.05, 3.63) is 40.3 Å². The van der Waals surface area contributed by atoms with E-state index in [1.807, 2.05) is 0 Å². The molecule has 0 unspecified atom stereocenters. The van der Waals surface area contributed by atoms with E-state index < -0.39 is 10.0 Å². The Morgan fingerprint density at radius 2 is 1.95 bits per heavy atom. The summed E-state index contributed by atoms with van der Waals surface area (Å²) in [4.78, 5) is 7.74. The first-order valence-corrected chi connectivity index (χ1v) is 7.61. The van der Waals surface area contributed by atoms with E-state index in [2.05, 4.69) is 14.7 Å². The summed E-state index contributed by atoms with van der Waals surface area (Å²) in [5, 5.41) is 0.291. The van der Waals surface area contributed by atoms with Gasteiger partial charge < -0.3 is 5.73 Å². The predicted molar refractivity (Wildman–Crippen MR) is 78.5 cm³/mol. The largest absolute Gasteiger partial charge is 0.393 e. The lowest BCUT2D eigenvalue weighted by molar-refractivity contribution is 0.601. The van der Waals surface area contributed by atoms with E-state index in [0.29, 0.717) is 10.8 Å². The van der Waals surface area contributed by atoms with Gasteiger partial charge in [0.1, 0.15) is 11.5 Å². The van der Waals surface area contributed by atoms with E-state index in [9.17, 15) is 8.42 Å². The van der Waals surface area contributed by atoms with Crippen LogP contribution < -0.4 is 10.5 Å². The van der Waals surface area contributed by atoms with Crippen LogP contribution in [-0.2, 0) is 10.0 Å². The molecule has 0 aliphatic heterocycles. The van der Waals surface area contributed by atoms with Gasteiger partial charge in [-0.1, -0.05) is 29.3 Å². The van der Waals surface area contributed by atoms with Gasteiger partial charge in [0, 0.05) is 5.02 Å². The Morgan fingerprint density at radius 1 is 1.25 bits per heavy atom. The Hall–Kier alpha value is -1.57. The zero-order chi connectivity index (χ0) is 14.9. The first-order chi connectivity index (χ1) is 9.29. The zero-order valence-corrected chi connectivity index (χ0v) is 12.6. The van der Waals surface area contributed by atoms with Crippen LogP contribution >= 0.6 is 23.2 Å². The van der Waals surface area contributed by atoms with Crippen LogP contribution in [0.15, 0.2) is 29.2 Å². The molecule has 0 radical (unpaired) electrons. The smallest absolute Gasteiger partial charge is 0.263 e. The highest BCUT2D eigenvalue weighted by molar-refractivity contribution is 7.92. The standard InChI is InChI=1S/C11H10Cl2N4O2S/c1-6-15-10(13)9(14)11(16-6)17-20(18,19)8-4-2-3-7(12)5-8/h2-5H,14H2,1H3,(H,15,16,17). The van der Waals surface area contributed by atoms with E-state index >= 15 is 0 Å². The molecule has 0 amide bonds. The van der Waals surface area contributed by atoms with Crippen molar-refractivity contribution in [1.82, 2.24) is 9.97 Å². The number of nitrogens with two attached hydrogens (primary N) is 1. The summed E-state index contributed by atoms with van der Waals surface area (Å²) < 4.78 is 26.7. The maximum Gasteiger partial charge on any atom is 0.263 e. The highest BCUT2D eigenvalue weighted by Crippen LogP contribution is 2.26. The number of nitrogens with zero attached hydrogens (tertiary/aromatic N) is 2. The molecule has 0 spiro atoms. The SMILES string of the molecule is Cc1nc(Cl)c(N)c(NS(=O)(=O)c2cccc(Cl)c2)n1. The molecular weight excluding hydrogens is 323 g/mol. The highest BCUT2D eigenvalue weighted by atomic mass is 35.5. The summed E-state index contributed by atoms with van der Waals surface area (Å²) >= 11 is 11.6. The number of sulfonamides is 1. The number of nitrogen functional groups attached to an aromatic ring is 1. The topological polar surface area (TPSA) is 98.0 Å². The molecule has 0 aliphatic carbocycles. The van der Waals surface area contributed by atoms with Crippen LogP contribution in [0.3, 0.4) is 0 Å². The normalized spacial score (nSPS) is 11.3. The van der Waals surface area contributed by atoms with Crippen molar-refractivity contribution in [3.8, 4) is 0 Å². The summed E-state index contributed by atoms with van der Waals surface area (Å²) in [7, 11) is -3.86. The van der Waals surface area contributed by atoms with E-state index in [1.165, 1.54) is 18.2 Å². The summed E-state index contributed by atoms with van der Waals surface area (Å²) in [6.07, 6.45) is 0. The molecule has 2 aromatic rings. The molecular formula is C11H10Cl2N4O2S. The van der Waals surface area contributed by atoms with Gasteiger partial charge in [-0.25, -0.2) is 18.4 Å². The number of aromatic nitrogens is 2. The van der Waals surface area contributed by atoms with Crippen LogP contribution in [0.5, 0.6) is 0 Å². The summed E-state index contributed by atoms with van der Waals surface area (Å²) in [6.45, 7) is 1.57. The molecule has 3 N–H and O–H groups in total. The van der Waals surface area contributed by atoms with Crippen LogP contribution in [0.4, 0.5) is 11.5 Å². The molecule has 0 atom stereocenters. The fourth-order valence-corrected chi connectivity index (χ4v) is 2.98. The van der Waals surface area contributed by atoms with E-state index in [1.54, 1.807) is 13.0 Å². The molecule has 6 nitrogen and oxygen atoms in total. The third-order valence-electron chi connectivity index (χ3n) is 2.35. The lowest BCUT2D eigenvalue weighted by Crippen LogP contribution is -2.16. The van der Waals surface area contributed by atoms with Crippen LogP contribution in [0.1, 0.15) is 5.82 Å². The second-order valence-electron chi connectivity index (χ2n) is 3.89. The number of anilines is 2. The second-order valence-corrected chi connectivity index (χ2v) is 6.36. The van der Waals surface area contributed by atoms with Gasteiger partial charge in [-0.2, -0.15) is 0 Å². The molecule has 20 heavy (non-hydrogen) atoms. The third-order valence-corrected chi connectivity index (χ3v) is 4.21. The first kappa shape index (κ1) is 14.8. The molecule has 106 valence electrons. The van der Waals surface area contributed by atoms with Crippen molar-refractivity contribution in [1.29, 1.82) is 0 Å². The molecule has 0 fully saturated rings. The van der Waals surface area contributed by atoms with Gasteiger partial charge >= 0.3 is 0 Å². The quantitative estimate of drug-likeness (QED) is 0.841. The van der Waals surface area contributed by atoms with E-state index in [4.69, 9.17) is 28.9 Å². The zero-order valence-electron chi connectivity index (χ0n) is 10.3. The second kappa shape index (κ2) is 5.43. The lowest BCUT2D eigenvalue weighted by atomic mass is 10.4. The highest BCUT2D eigenvalue weighted by Gasteiger charge is 2.18. The van der Waals surface area contributed by atoms with E-state index in [-0.39, 0.29) is 21.6 Å². The molecule has 0 saturated carbocycles. The minimum atomic E-state index is -3.86. The minimum absolute atomic E-state index is 0.00297. The van der Waals surface area contributed by atoms with Crippen LogP contribution in [0.2, 0.25) is 10.2 Å². The third kappa shape index (κ3) is 3.12. The molecule has 0 aliphatic rings. The Bertz CT molecular complexity index is 765. The van der Waals surface area contributed by atoms with Crippen molar-refractivity contribution in [2.24, 2.45) is 0 Å². The van der Waals surface area contributed by atoms with Crippen molar-refractivity contribution >= 4 is 44.7 Å². The maximum absolute atomic E-state index is 12.2. The molecule has 1 aromatic heterocycles. The molecule has 2 rings (SSSR count). The number of nitrogens with one attached hydrogen (secondary N) is 1. The fourth-order valence-electron chi connectivity index (χ4n) is 1.45. The molecule has 9 heteroatoms. The maximum atomic E-state index is 12.2. The van der Waals surface area contributed by atoms with Gasteiger partial charge in [-0.3, -0.25) is 4.72 Å².